The van der Waals surface area contributed by atoms with Crippen molar-refractivity contribution in [3.05, 3.63) is 46.8 Å². The van der Waals surface area contributed by atoms with Crippen molar-refractivity contribution < 1.29 is 9.53 Å². The third-order valence-corrected chi connectivity index (χ3v) is 4.06. The van der Waals surface area contributed by atoms with E-state index in [2.05, 4.69) is 10.2 Å². The molecule has 2 aromatic rings. The third kappa shape index (κ3) is 3.66. The molecule has 1 aliphatic heterocycles. The summed E-state index contributed by atoms with van der Waals surface area (Å²) >= 11 is 1.61. The van der Waals surface area contributed by atoms with Gasteiger partial charge in [0.2, 0.25) is 11.8 Å². The highest BCUT2D eigenvalue weighted by Crippen LogP contribution is 2.17. The average Bonchev–Trinajstić information content (AvgIpc) is 3.17. The summed E-state index contributed by atoms with van der Waals surface area (Å²) < 4.78 is 5.72. The minimum Gasteiger partial charge on any atom is -0.471 e. The Kier molecular flexibility index (Phi) is 4.25. The normalized spacial score (nSPS) is 18.3. The van der Waals surface area contributed by atoms with Crippen LogP contribution in [0.5, 0.6) is 5.88 Å². The van der Waals surface area contributed by atoms with E-state index in [0.717, 1.165) is 11.3 Å². The van der Waals surface area contributed by atoms with E-state index in [1.54, 1.807) is 40.6 Å². The maximum atomic E-state index is 12.1. The number of nitrogens with zero attached hydrogens (tertiary/aromatic N) is 3. The van der Waals surface area contributed by atoms with Gasteiger partial charge in [-0.1, -0.05) is 6.07 Å². The standard InChI is InChI=1S/C15H15N3O2S/c19-15(6-5-13-3-2-10-21-13)18-9-7-12(11-18)20-14-4-1-8-16-17-14/h1-6,8,10,12H,7,9,11H2/b6-5+. The summed E-state index contributed by atoms with van der Waals surface area (Å²) in [5.41, 5.74) is 0. The van der Waals surface area contributed by atoms with Gasteiger partial charge in [-0.25, -0.2) is 0 Å². The van der Waals surface area contributed by atoms with Gasteiger partial charge in [0.05, 0.1) is 6.54 Å². The van der Waals surface area contributed by atoms with E-state index in [1.807, 2.05) is 23.6 Å². The van der Waals surface area contributed by atoms with Crippen molar-refractivity contribution in [2.24, 2.45) is 0 Å². The summed E-state index contributed by atoms with van der Waals surface area (Å²) in [7, 11) is 0. The molecule has 0 N–H and O–H groups in total. The van der Waals surface area contributed by atoms with Gasteiger partial charge < -0.3 is 9.64 Å². The average molecular weight is 301 g/mol. The number of carbonyl (C=O) groups is 1. The summed E-state index contributed by atoms with van der Waals surface area (Å²) in [4.78, 5) is 15.0. The molecule has 21 heavy (non-hydrogen) atoms. The van der Waals surface area contributed by atoms with Crippen LogP contribution in [-0.2, 0) is 4.79 Å². The second-order valence-electron chi connectivity index (χ2n) is 4.72. The van der Waals surface area contributed by atoms with E-state index in [9.17, 15) is 4.79 Å². The van der Waals surface area contributed by atoms with Crippen LogP contribution in [0.2, 0.25) is 0 Å². The zero-order chi connectivity index (χ0) is 14.5. The molecule has 6 heteroatoms. The molecule has 0 spiro atoms. The molecule has 1 unspecified atom stereocenters. The zero-order valence-electron chi connectivity index (χ0n) is 11.4. The number of hydrogen-bond acceptors (Lipinski definition) is 5. The minimum atomic E-state index is -0.0132. The van der Waals surface area contributed by atoms with Gasteiger partial charge in [0, 0.05) is 36.2 Å². The Balaban J connectivity index is 1.53. The molecule has 0 aromatic carbocycles. The summed E-state index contributed by atoms with van der Waals surface area (Å²) in [5, 5.41) is 9.66. The Labute approximate surface area is 126 Å². The molecule has 1 atom stereocenters. The van der Waals surface area contributed by atoms with Gasteiger partial charge in [0.25, 0.3) is 0 Å². The first-order chi connectivity index (χ1) is 10.3. The lowest BCUT2D eigenvalue weighted by atomic mass is 10.3. The molecule has 0 bridgehead atoms. The van der Waals surface area contributed by atoms with Crippen molar-refractivity contribution in [2.45, 2.75) is 12.5 Å². The van der Waals surface area contributed by atoms with E-state index in [-0.39, 0.29) is 12.0 Å². The number of hydrogen-bond donors (Lipinski definition) is 0. The second-order valence-corrected chi connectivity index (χ2v) is 5.70. The van der Waals surface area contributed by atoms with Crippen LogP contribution in [0.4, 0.5) is 0 Å². The Hall–Kier alpha value is -2.21. The number of carbonyl (C=O) groups excluding carboxylic acids is 1. The lowest BCUT2D eigenvalue weighted by molar-refractivity contribution is -0.125. The van der Waals surface area contributed by atoms with Crippen molar-refractivity contribution >= 4 is 23.3 Å². The highest BCUT2D eigenvalue weighted by atomic mass is 32.1. The fraction of sp³-hybridized carbons (Fsp3) is 0.267. The number of likely N-dealkylation sites (tertiary alicyclic amines) is 1. The number of thiophene rings is 1. The van der Waals surface area contributed by atoms with Crippen molar-refractivity contribution in [3.63, 3.8) is 0 Å². The van der Waals surface area contributed by atoms with E-state index in [0.29, 0.717) is 19.0 Å². The lowest BCUT2D eigenvalue weighted by Crippen LogP contribution is -2.29. The van der Waals surface area contributed by atoms with Crippen LogP contribution in [0.15, 0.2) is 41.9 Å². The maximum absolute atomic E-state index is 12.1. The van der Waals surface area contributed by atoms with Gasteiger partial charge in [-0.2, -0.15) is 5.10 Å². The highest BCUT2D eigenvalue weighted by Gasteiger charge is 2.26. The van der Waals surface area contributed by atoms with Crippen molar-refractivity contribution in [1.29, 1.82) is 0 Å². The maximum Gasteiger partial charge on any atom is 0.246 e. The molecule has 2 aromatic heterocycles. The number of amides is 1. The Morgan fingerprint density at radius 2 is 2.38 bits per heavy atom. The smallest absolute Gasteiger partial charge is 0.246 e. The van der Waals surface area contributed by atoms with Gasteiger partial charge in [-0.05, 0) is 23.6 Å². The van der Waals surface area contributed by atoms with Crippen LogP contribution in [0.3, 0.4) is 0 Å². The Bertz CT molecular complexity index is 613. The van der Waals surface area contributed by atoms with E-state index in [1.165, 1.54) is 0 Å². The third-order valence-electron chi connectivity index (χ3n) is 3.23. The number of aromatic nitrogens is 2. The summed E-state index contributed by atoms with van der Waals surface area (Å²) in [6, 6.07) is 7.51. The molecule has 1 amide bonds. The molecule has 5 nitrogen and oxygen atoms in total. The van der Waals surface area contributed by atoms with Crippen LogP contribution in [0, 0.1) is 0 Å². The molecule has 0 saturated carbocycles. The van der Waals surface area contributed by atoms with E-state index >= 15 is 0 Å². The monoisotopic (exact) mass is 301 g/mol. The molecular weight excluding hydrogens is 286 g/mol. The minimum absolute atomic E-state index is 0.0132. The van der Waals surface area contributed by atoms with Crippen molar-refractivity contribution in [3.8, 4) is 5.88 Å². The van der Waals surface area contributed by atoms with Crippen LogP contribution >= 0.6 is 11.3 Å². The van der Waals surface area contributed by atoms with E-state index in [4.69, 9.17) is 4.74 Å². The number of rotatable bonds is 4. The predicted molar refractivity (Wildman–Crippen MR) is 81.0 cm³/mol. The van der Waals surface area contributed by atoms with Crippen molar-refractivity contribution in [2.75, 3.05) is 13.1 Å². The molecule has 3 rings (SSSR count). The molecule has 0 aliphatic carbocycles. The molecule has 108 valence electrons. The van der Waals surface area contributed by atoms with Crippen LogP contribution < -0.4 is 4.74 Å². The summed E-state index contributed by atoms with van der Waals surface area (Å²) in [6.45, 7) is 1.29. The predicted octanol–water partition coefficient (Wildman–Crippen LogP) is 2.23. The van der Waals surface area contributed by atoms with Gasteiger partial charge in [0.1, 0.15) is 6.10 Å². The van der Waals surface area contributed by atoms with Crippen LogP contribution in [0.1, 0.15) is 11.3 Å². The number of ether oxygens (including phenoxy) is 1. The Morgan fingerprint density at radius 1 is 1.43 bits per heavy atom. The van der Waals surface area contributed by atoms with Gasteiger partial charge in [-0.3, -0.25) is 4.79 Å². The quantitative estimate of drug-likeness (QED) is 0.813. The first-order valence-electron chi connectivity index (χ1n) is 6.76. The first kappa shape index (κ1) is 13.8. The fourth-order valence-corrected chi connectivity index (χ4v) is 2.81. The molecule has 1 saturated heterocycles. The van der Waals surface area contributed by atoms with Crippen molar-refractivity contribution in [1.82, 2.24) is 15.1 Å². The molecule has 1 fully saturated rings. The molecule has 3 heterocycles. The van der Waals surface area contributed by atoms with Crippen LogP contribution in [0.25, 0.3) is 6.08 Å². The van der Waals surface area contributed by atoms with Gasteiger partial charge in [0.15, 0.2) is 0 Å². The van der Waals surface area contributed by atoms with Gasteiger partial charge in [-0.15, -0.1) is 16.4 Å². The second kappa shape index (κ2) is 6.49. The van der Waals surface area contributed by atoms with E-state index < -0.39 is 0 Å². The first-order valence-corrected chi connectivity index (χ1v) is 7.64. The Morgan fingerprint density at radius 3 is 3.14 bits per heavy atom. The summed E-state index contributed by atoms with van der Waals surface area (Å²) in [5.74, 6) is 0.527. The largest absolute Gasteiger partial charge is 0.471 e. The zero-order valence-corrected chi connectivity index (χ0v) is 12.2. The topological polar surface area (TPSA) is 55.3 Å². The fourth-order valence-electron chi connectivity index (χ4n) is 2.19. The SMILES string of the molecule is O=C(/C=C/c1cccs1)N1CCC(Oc2cccnn2)C1. The molecule has 1 aliphatic rings. The lowest BCUT2D eigenvalue weighted by Gasteiger charge is -2.14. The molecule has 0 radical (unpaired) electrons. The van der Waals surface area contributed by atoms with Gasteiger partial charge >= 0.3 is 0 Å². The highest BCUT2D eigenvalue weighted by molar-refractivity contribution is 7.10. The molecular formula is C15H15N3O2S. The van der Waals surface area contributed by atoms with Crippen LogP contribution in [-0.4, -0.2) is 40.2 Å². The summed E-state index contributed by atoms with van der Waals surface area (Å²) in [6.07, 6.45) is 5.88.